The van der Waals surface area contributed by atoms with Crippen LogP contribution in [-0.2, 0) is 9.47 Å². The molecule has 0 aliphatic carbocycles. The largest absolute Gasteiger partial charge is 0.492 e. The van der Waals surface area contributed by atoms with Crippen LogP contribution in [0.5, 0.6) is 5.88 Å². The van der Waals surface area contributed by atoms with Gasteiger partial charge in [-0.2, -0.15) is 4.52 Å². The summed E-state index contributed by atoms with van der Waals surface area (Å²) in [5.74, 6) is 0.806. The van der Waals surface area contributed by atoms with E-state index < -0.39 is 0 Å². The fourth-order valence-electron chi connectivity index (χ4n) is 2.93. The van der Waals surface area contributed by atoms with Crippen molar-refractivity contribution in [2.75, 3.05) is 40.5 Å². The lowest BCUT2D eigenvalue weighted by Gasteiger charge is -2.30. The standard InChI is InChI=1S/C17H24N4O3S2/c1-11-5-10-25-14(11)13(20(6-8-23-3)7-9-24-4)15-16(22)21-17(26-15)18-12(2)19-21/h5,10,13,22H,6-9H2,1-4H3. The average molecular weight is 397 g/mol. The van der Waals surface area contributed by atoms with E-state index in [1.807, 2.05) is 6.92 Å². The van der Waals surface area contributed by atoms with Gasteiger partial charge in [0.25, 0.3) is 0 Å². The van der Waals surface area contributed by atoms with Crippen LogP contribution in [0.4, 0.5) is 0 Å². The minimum Gasteiger partial charge on any atom is -0.492 e. The molecule has 3 rings (SSSR count). The van der Waals surface area contributed by atoms with Gasteiger partial charge in [-0.3, -0.25) is 4.90 Å². The van der Waals surface area contributed by atoms with Crippen molar-refractivity contribution < 1.29 is 14.6 Å². The van der Waals surface area contributed by atoms with Crippen molar-refractivity contribution in [3.63, 3.8) is 0 Å². The topological polar surface area (TPSA) is 72.1 Å². The summed E-state index contributed by atoms with van der Waals surface area (Å²) in [6.45, 7) is 6.59. The van der Waals surface area contributed by atoms with Crippen molar-refractivity contribution >= 4 is 27.6 Å². The van der Waals surface area contributed by atoms with Crippen molar-refractivity contribution in [1.82, 2.24) is 19.5 Å². The van der Waals surface area contributed by atoms with Gasteiger partial charge in [0.05, 0.1) is 24.1 Å². The lowest BCUT2D eigenvalue weighted by molar-refractivity contribution is 0.0980. The van der Waals surface area contributed by atoms with E-state index in [9.17, 15) is 5.11 Å². The molecular weight excluding hydrogens is 372 g/mol. The van der Waals surface area contributed by atoms with Gasteiger partial charge >= 0.3 is 0 Å². The summed E-state index contributed by atoms with van der Waals surface area (Å²) >= 11 is 3.17. The molecule has 1 unspecified atom stereocenters. The number of rotatable bonds is 9. The second-order valence-electron chi connectivity index (χ2n) is 6.04. The van der Waals surface area contributed by atoms with Crippen LogP contribution >= 0.6 is 22.7 Å². The van der Waals surface area contributed by atoms with Crippen molar-refractivity contribution in [1.29, 1.82) is 0 Å². The first-order valence-electron chi connectivity index (χ1n) is 8.37. The first-order chi connectivity index (χ1) is 12.6. The van der Waals surface area contributed by atoms with E-state index in [1.165, 1.54) is 26.3 Å². The van der Waals surface area contributed by atoms with Crippen LogP contribution in [0.25, 0.3) is 4.96 Å². The van der Waals surface area contributed by atoms with Gasteiger partial charge in [0.15, 0.2) is 0 Å². The van der Waals surface area contributed by atoms with Gasteiger partial charge in [-0.25, -0.2) is 4.98 Å². The summed E-state index contributed by atoms with van der Waals surface area (Å²) in [4.78, 5) is 9.44. The molecule has 0 amide bonds. The van der Waals surface area contributed by atoms with Crippen LogP contribution < -0.4 is 0 Å². The molecule has 1 N–H and O–H groups in total. The van der Waals surface area contributed by atoms with Crippen molar-refractivity contribution in [3.8, 4) is 5.88 Å². The monoisotopic (exact) mass is 396 g/mol. The van der Waals surface area contributed by atoms with E-state index in [0.29, 0.717) is 24.0 Å². The Labute approximate surface area is 160 Å². The van der Waals surface area contributed by atoms with Crippen molar-refractivity contribution in [2.24, 2.45) is 0 Å². The number of aromatic nitrogens is 3. The zero-order chi connectivity index (χ0) is 18.7. The molecule has 0 saturated heterocycles. The quantitative estimate of drug-likeness (QED) is 0.600. The zero-order valence-corrected chi connectivity index (χ0v) is 17.1. The first kappa shape index (κ1) is 19.2. The molecule has 3 aromatic heterocycles. The molecule has 0 aromatic carbocycles. The van der Waals surface area contributed by atoms with Gasteiger partial charge in [0, 0.05) is 32.2 Å². The van der Waals surface area contributed by atoms with E-state index in [4.69, 9.17) is 9.47 Å². The maximum atomic E-state index is 10.8. The Balaban J connectivity index is 2.07. The van der Waals surface area contributed by atoms with Crippen LogP contribution in [0.2, 0.25) is 0 Å². The zero-order valence-electron chi connectivity index (χ0n) is 15.4. The smallest absolute Gasteiger partial charge is 0.230 e. The number of ether oxygens (including phenoxy) is 2. The predicted octanol–water partition coefficient (Wildman–Crippen LogP) is 2.86. The lowest BCUT2D eigenvalue weighted by Crippen LogP contribution is -2.35. The lowest BCUT2D eigenvalue weighted by atomic mass is 10.1. The van der Waals surface area contributed by atoms with E-state index in [2.05, 4.69) is 33.4 Å². The van der Waals surface area contributed by atoms with Crippen molar-refractivity contribution in [3.05, 3.63) is 32.6 Å². The second-order valence-corrected chi connectivity index (χ2v) is 7.99. The van der Waals surface area contributed by atoms with E-state index in [-0.39, 0.29) is 11.9 Å². The van der Waals surface area contributed by atoms with Crippen LogP contribution in [0, 0.1) is 13.8 Å². The average Bonchev–Trinajstić information content (AvgIpc) is 3.27. The molecule has 0 aliphatic heterocycles. The highest BCUT2D eigenvalue weighted by Gasteiger charge is 2.31. The Morgan fingerprint density at radius 2 is 1.88 bits per heavy atom. The maximum Gasteiger partial charge on any atom is 0.230 e. The van der Waals surface area contributed by atoms with E-state index in [0.717, 1.165) is 18.0 Å². The number of aryl methyl sites for hydroxylation is 2. The van der Waals surface area contributed by atoms with Gasteiger partial charge in [-0.1, -0.05) is 11.3 Å². The number of hydrogen-bond acceptors (Lipinski definition) is 8. The number of thiophene rings is 1. The molecule has 0 aliphatic rings. The highest BCUT2D eigenvalue weighted by Crippen LogP contribution is 2.42. The van der Waals surface area contributed by atoms with Gasteiger partial charge in [-0.15, -0.1) is 16.4 Å². The third kappa shape index (κ3) is 3.77. The number of fused-ring (bicyclic) bond motifs is 1. The third-order valence-corrected chi connectivity index (χ3v) is 6.38. The molecule has 0 bridgehead atoms. The first-order valence-corrected chi connectivity index (χ1v) is 10.1. The maximum absolute atomic E-state index is 10.8. The van der Waals surface area contributed by atoms with Crippen LogP contribution in [0.1, 0.15) is 27.2 Å². The highest BCUT2D eigenvalue weighted by atomic mass is 32.1. The molecule has 26 heavy (non-hydrogen) atoms. The Bertz CT molecular complexity index is 850. The summed E-state index contributed by atoms with van der Waals surface area (Å²) in [5.41, 5.74) is 1.20. The Hall–Kier alpha value is -1.52. The summed E-state index contributed by atoms with van der Waals surface area (Å²) in [5, 5.41) is 17.2. The molecule has 3 aromatic rings. The summed E-state index contributed by atoms with van der Waals surface area (Å²) in [6.07, 6.45) is 0. The number of nitrogens with zero attached hydrogens (tertiary/aromatic N) is 4. The molecule has 142 valence electrons. The molecule has 3 heterocycles. The molecule has 0 fully saturated rings. The highest BCUT2D eigenvalue weighted by molar-refractivity contribution is 7.17. The van der Waals surface area contributed by atoms with Gasteiger partial charge in [0.2, 0.25) is 10.8 Å². The van der Waals surface area contributed by atoms with Crippen molar-refractivity contribution in [2.45, 2.75) is 19.9 Å². The van der Waals surface area contributed by atoms with E-state index in [1.54, 1.807) is 25.6 Å². The Morgan fingerprint density at radius 3 is 2.42 bits per heavy atom. The Kier molecular flexibility index (Phi) is 6.25. The third-order valence-electron chi connectivity index (χ3n) is 4.23. The molecule has 0 spiro atoms. The normalized spacial score (nSPS) is 13.1. The minimum atomic E-state index is -0.0888. The molecule has 9 heteroatoms. The molecular formula is C17H24N4O3S2. The number of thiazole rings is 1. The molecule has 0 saturated carbocycles. The predicted molar refractivity (Wildman–Crippen MR) is 103 cm³/mol. The van der Waals surface area contributed by atoms with Gasteiger partial charge in [-0.05, 0) is 30.9 Å². The second kappa shape index (κ2) is 8.45. The summed E-state index contributed by atoms with van der Waals surface area (Å²) in [7, 11) is 3.40. The number of methoxy groups -OCH3 is 2. The van der Waals surface area contributed by atoms with Crippen LogP contribution in [0.3, 0.4) is 0 Å². The van der Waals surface area contributed by atoms with Gasteiger partial charge in [0.1, 0.15) is 5.82 Å². The van der Waals surface area contributed by atoms with Crippen LogP contribution in [0.15, 0.2) is 11.4 Å². The SMILES string of the molecule is COCCN(CCOC)C(c1sccc1C)c1sc2nc(C)nn2c1O. The van der Waals surface area contributed by atoms with E-state index >= 15 is 0 Å². The molecule has 1 atom stereocenters. The molecule has 7 nitrogen and oxygen atoms in total. The molecule has 0 radical (unpaired) electrons. The number of hydrogen-bond donors (Lipinski definition) is 1. The van der Waals surface area contributed by atoms with Crippen LogP contribution in [-0.4, -0.2) is 65.1 Å². The van der Waals surface area contributed by atoms with Gasteiger partial charge < -0.3 is 14.6 Å². The number of aromatic hydroxyl groups is 1. The summed E-state index contributed by atoms with van der Waals surface area (Å²) in [6, 6.07) is 2.02. The Morgan fingerprint density at radius 1 is 1.19 bits per heavy atom. The fourth-order valence-corrected chi connectivity index (χ4v) is 5.22. The summed E-state index contributed by atoms with van der Waals surface area (Å²) < 4.78 is 12.1. The minimum absolute atomic E-state index is 0.0888. The fraction of sp³-hybridized carbons (Fsp3) is 0.529.